The molecule has 94 valence electrons. The second-order valence-corrected chi connectivity index (χ2v) is 4.29. The molecule has 1 unspecified atom stereocenters. The van der Waals surface area contributed by atoms with Gasteiger partial charge in [0.2, 0.25) is 11.8 Å². The van der Waals surface area contributed by atoms with Gasteiger partial charge in [0.25, 0.3) is 0 Å². The van der Waals surface area contributed by atoms with Gasteiger partial charge in [-0.1, -0.05) is 30.3 Å². The van der Waals surface area contributed by atoms with E-state index in [1.165, 1.54) is 6.08 Å². The van der Waals surface area contributed by atoms with Crippen LogP contribution in [0.3, 0.4) is 0 Å². The van der Waals surface area contributed by atoms with Crippen molar-refractivity contribution in [2.45, 2.75) is 18.9 Å². The third-order valence-corrected chi connectivity index (χ3v) is 2.84. The van der Waals surface area contributed by atoms with E-state index in [2.05, 4.69) is 10.6 Å². The number of nitrogens with one attached hydrogen (secondary N) is 2. The summed E-state index contributed by atoms with van der Waals surface area (Å²) in [5.74, 6) is -0.0691. The van der Waals surface area contributed by atoms with Crippen molar-refractivity contribution in [3.63, 3.8) is 0 Å². The van der Waals surface area contributed by atoms with Crippen molar-refractivity contribution in [2.75, 3.05) is 6.54 Å². The molecule has 0 radical (unpaired) electrons. The summed E-state index contributed by atoms with van der Waals surface area (Å²) in [6.45, 7) is 0.518. The molecule has 1 aromatic carbocycles. The van der Waals surface area contributed by atoms with Gasteiger partial charge in [0.05, 0.1) is 0 Å². The maximum absolute atomic E-state index is 11.7. The highest BCUT2D eigenvalue weighted by molar-refractivity contribution is 5.92. The first-order chi connectivity index (χ1) is 8.74. The van der Waals surface area contributed by atoms with E-state index in [9.17, 15) is 9.59 Å². The van der Waals surface area contributed by atoms with E-state index < -0.39 is 0 Å². The van der Waals surface area contributed by atoms with Crippen molar-refractivity contribution in [2.24, 2.45) is 0 Å². The fourth-order valence-corrected chi connectivity index (χ4v) is 1.84. The van der Waals surface area contributed by atoms with Crippen LogP contribution in [0.5, 0.6) is 0 Å². The number of hydrogen-bond donors (Lipinski definition) is 2. The molecular weight excluding hydrogens is 228 g/mol. The third-order valence-electron chi connectivity index (χ3n) is 2.84. The van der Waals surface area contributed by atoms with Crippen LogP contribution in [0.4, 0.5) is 0 Å². The largest absolute Gasteiger partial charge is 0.354 e. The number of benzene rings is 1. The van der Waals surface area contributed by atoms with Gasteiger partial charge >= 0.3 is 0 Å². The van der Waals surface area contributed by atoms with E-state index in [-0.39, 0.29) is 17.9 Å². The van der Waals surface area contributed by atoms with E-state index >= 15 is 0 Å². The van der Waals surface area contributed by atoms with Crippen molar-refractivity contribution in [3.8, 4) is 0 Å². The van der Waals surface area contributed by atoms with Gasteiger partial charge in [-0.15, -0.1) is 0 Å². The van der Waals surface area contributed by atoms with E-state index in [4.69, 9.17) is 0 Å². The minimum atomic E-state index is -0.125. The van der Waals surface area contributed by atoms with Crippen molar-refractivity contribution in [1.29, 1.82) is 0 Å². The minimum Gasteiger partial charge on any atom is -0.354 e. The molecule has 0 saturated carbocycles. The van der Waals surface area contributed by atoms with Gasteiger partial charge in [-0.25, -0.2) is 0 Å². The van der Waals surface area contributed by atoms with Gasteiger partial charge in [-0.2, -0.15) is 0 Å². The molecule has 18 heavy (non-hydrogen) atoms. The maximum Gasteiger partial charge on any atom is 0.244 e. The summed E-state index contributed by atoms with van der Waals surface area (Å²) >= 11 is 0. The summed E-state index contributed by atoms with van der Waals surface area (Å²) in [6.07, 6.45) is 4.48. The molecule has 2 amide bonds. The lowest BCUT2D eigenvalue weighted by Crippen LogP contribution is -2.47. The highest BCUT2D eigenvalue weighted by Crippen LogP contribution is 2.03. The Bertz CT molecular complexity index is 444. The topological polar surface area (TPSA) is 58.2 Å². The van der Waals surface area contributed by atoms with Crippen molar-refractivity contribution >= 4 is 17.9 Å². The van der Waals surface area contributed by atoms with Crippen LogP contribution in [0.15, 0.2) is 36.4 Å². The first-order valence-electron chi connectivity index (χ1n) is 6.04. The SMILES string of the molecule is O=C(/C=C/c1ccccc1)NC1CCC(=O)NC1. The molecular formula is C14H16N2O2. The van der Waals surface area contributed by atoms with E-state index in [1.54, 1.807) is 6.08 Å². The number of piperidine rings is 1. The lowest BCUT2D eigenvalue weighted by Gasteiger charge is -2.22. The second-order valence-electron chi connectivity index (χ2n) is 4.29. The quantitative estimate of drug-likeness (QED) is 0.782. The number of carbonyl (C=O) groups is 2. The Hall–Kier alpha value is -2.10. The minimum absolute atomic E-state index is 0.0376. The Morgan fingerprint density at radius 2 is 2.11 bits per heavy atom. The van der Waals surface area contributed by atoms with Gasteiger partial charge in [0.1, 0.15) is 0 Å². The van der Waals surface area contributed by atoms with Gasteiger partial charge in [-0.05, 0) is 18.1 Å². The number of hydrogen-bond acceptors (Lipinski definition) is 2. The molecule has 0 aromatic heterocycles. The molecule has 0 spiro atoms. The number of carbonyl (C=O) groups excluding carboxylic acids is 2. The van der Waals surface area contributed by atoms with Crippen LogP contribution in [0.1, 0.15) is 18.4 Å². The van der Waals surface area contributed by atoms with Crippen LogP contribution >= 0.6 is 0 Å². The zero-order valence-corrected chi connectivity index (χ0v) is 10.1. The van der Waals surface area contributed by atoms with Crippen LogP contribution in [-0.4, -0.2) is 24.4 Å². The molecule has 1 saturated heterocycles. The second kappa shape index (κ2) is 6.00. The summed E-state index contributed by atoms with van der Waals surface area (Å²) in [7, 11) is 0. The number of amides is 2. The van der Waals surface area contributed by atoms with E-state index in [0.717, 1.165) is 5.56 Å². The molecule has 2 N–H and O–H groups in total. The van der Waals surface area contributed by atoms with E-state index in [1.807, 2.05) is 30.3 Å². The van der Waals surface area contributed by atoms with Crippen LogP contribution in [0.25, 0.3) is 6.08 Å². The van der Waals surface area contributed by atoms with Crippen molar-refractivity contribution in [1.82, 2.24) is 10.6 Å². The molecule has 2 rings (SSSR count). The normalized spacial score (nSPS) is 19.6. The highest BCUT2D eigenvalue weighted by Gasteiger charge is 2.18. The molecule has 4 heteroatoms. The molecule has 1 heterocycles. The molecule has 0 aliphatic carbocycles. The van der Waals surface area contributed by atoms with Crippen LogP contribution in [0.2, 0.25) is 0 Å². The summed E-state index contributed by atoms with van der Waals surface area (Å²) in [6, 6.07) is 9.69. The van der Waals surface area contributed by atoms with Crippen LogP contribution < -0.4 is 10.6 Å². The van der Waals surface area contributed by atoms with Gasteiger partial charge < -0.3 is 10.6 Å². The van der Waals surface area contributed by atoms with Gasteiger partial charge in [0.15, 0.2) is 0 Å². The molecule has 1 aliphatic heterocycles. The first kappa shape index (κ1) is 12.4. The summed E-state index contributed by atoms with van der Waals surface area (Å²) < 4.78 is 0. The van der Waals surface area contributed by atoms with Crippen molar-refractivity contribution in [3.05, 3.63) is 42.0 Å². The standard InChI is InChI=1S/C14H16N2O2/c17-13-9-7-12(10-15-13)16-14(18)8-6-11-4-2-1-3-5-11/h1-6,8,12H,7,9-10H2,(H,15,17)(H,16,18)/b8-6+. The van der Waals surface area contributed by atoms with Gasteiger partial charge in [-0.3, -0.25) is 9.59 Å². The third kappa shape index (κ3) is 3.73. The highest BCUT2D eigenvalue weighted by atomic mass is 16.2. The average molecular weight is 244 g/mol. The van der Waals surface area contributed by atoms with Crippen LogP contribution in [-0.2, 0) is 9.59 Å². The lowest BCUT2D eigenvalue weighted by molar-refractivity contribution is -0.124. The molecule has 1 aliphatic rings. The first-order valence-corrected chi connectivity index (χ1v) is 6.04. The lowest BCUT2D eigenvalue weighted by atomic mass is 10.1. The zero-order chi connectivity index (χ0) is 12.8. The predicted molar refractivity (Wildman–Crippen MR) is 69.7 cm³/mol. The molecule has 1 fully saturated rings. The van der Waals surface area contributed by atoms with Crippen LogP contribution in [0, 0.1) is 0 Å². The summed E-state index contributed by atoms with van der Waals surface area (Å²) in [4.78, 5) is 22.6. The summed E-state index contributed by atoms with van der Waals surface area (Å²) in [5.41, 5.74) is 0.990. The van der Waals surface area contributed by atoms with Gasteiger partial charge in [0, 0.05) is 25.1 Å². The Morgan fingerprint density at radius 1 is 1.33 bits per heavy atom. The molecule has 1 atom stereocenters. The Balaban J connectivity index is 1.82. The van der Waals surface area contributed by atoms with E-state index in [0.29, 0.717) is 19.4 Å². The Morgan fingerprint density at radius 3 is 2.78 bits per heavy atom. The molecule has 0 bridgehead atoms. The fourth-order valence-electron chi connectivity index (χ4n) is 1.84. The van der Waals surface area contributed by atoms with Crippen molar-refractivity contribution < 1.29 is 9.59 Å². The Kier molecular flexibility index (Phi) is 4.12. The summed E-state index contributed by atoms with van der Waals surface area (Å²) in [5, 5.41) is 5.60. The zero-order valence-electron chi connectivity index (χ0n) is 10.1. The predicted octanol–water partition coefficient (Wildman–Crippen LogP) is 1.09. The fraction of sp³-hybridized carbons (Fsp3) is 0.286. The Labute approximate surface area is 106 Å². The average Bonchev–Trinajstić information content (AvgIpc) is 2.40. The molecule has 4 nitrogen and oxygen atoms in total. The maximum atomic E-state index is 11.7. The molecule has 1 aromatic rings. The smallest absolute Gasteiger partial charge is 0.244 e. The monoisotopic (exact) mass is 244 g/mol. The number of rotatable bonds is 3.